The van der Waals surface area contributed by atoms with E-state index in [0.29, 0.717) is 11.3 Å². The van der Waals surface area contributed by atoms with E-state index in [1.54, 1.807) is 36.1 Å². The van der Waals surface area contributed by atoms with Gasteiger partial charge in [0.25, 0.3) is 5.91 Å². The molecule has 0 unspecified atom stereocenters. The number of carbonyl (C=O) groups excluding carboxylic acids is 1. The van der Waals surface area contributed by atoms with Crippen molar-refractivity contribution in [2.75, 3.05) is 12.4 Å². The van der Waals surface area contributed by atoms with Gasteiger partial charge < -0.3 is 5.32 Å². The fourth-order valence-electron chi connectivity index (χ4n) is 4.14. The van der Waals surface area contributed by atoms with E-state index in [1.807, 2.05) is 31.2 Å². The summed E-state index contributed by atoms with van der Waals surface area (Å²) in [6, 6.07) is 15.5. The van der Waals surface area contributed by atoms with Crippen molar-refractivity contribution in [1.29, 1.82) is 0 Å². The number of aromatic nitrogens is 2. The maximum absolute atomic E-state index is 13.0. The molecule has 1 fully saturated rings. The zero-order valence-corrected chi connectivity index (χ0v) is 19.2. The molecule has 3 aromatic rings. The number of rotatable bonds is 6. The van der Waals surface area contributed by atoms with Crippen molar-refractivity contribution in [3.63, 3.8) is 0 Å². The molecule has 1 amide bonds. The highest BCUT2D eigenvalue weighted by Gasteiger charge is 2.29. The summed E-state index contributed by atoms with van der Waals surface area (Å²) in [5, 5.41) is 7.16. The number of nitrogens with one attached hydrogen (secondary N) is 1. The molecule has 1 aromatic heterocycles. The van der Waals surface area contributed by atoms with E-state index in [0.717, 1.165) is 37.1 Å². The number of amides is 1. The van der Waals surface area contributed by atoms with Gasteiger partial charge in [-0.25, -0.2) is 13.1 Å². The largest absolute Gasteiger partial charge is 0.322 e. The van der Waals surface area contributed by atoms with Gasteiger partial charge in [-0.15, -0.1) is 0 Å². The third-order valence-electron chi connectivity index (χ3n) is 6.06. The smallest absolute Gasteiger partial charge is 0.255 e. The lowest BCUT2D eigenvalue weighted by Crippen LogP contribution is -2.38. The van der Waals surface area contributed by atoms with Crippen molar-refractivity contribution in [2.45, 2.75) is 50.0 Å². The van der Waals surface area contributed by atoms with E-state index < -0.39 is 10.0 Å². The monoisotopic (exact) mass is 452 g/mol. The van der Waals surface area contributed by atoms with Gasteiger partial charge in [0, 0.05) is 36.2 Å². The molecular weight excluding hydrogens is 424 g/mol. The molecule has 7 nitrogen and oxygen atoms in total. The number of benzene rings is 2. The van der Waals surface area contributed by atoms with Crippen LogP contribution in [-0.2, 0) is 10.0 Å². The molecule has 32 heavy (non-hydrogen) atoms. The Morgan fingerprint density at radius 2 is 1.78 bits per heavy atom. The zero-order chi connectivity index (χ0) is 22.7. The van der Waals surface area contributed by atoms with Crippen LogP contribution in [0.3, 0.4) is 0 Å². The van der Waals surface area contributed by atoms with Crippen LogP contribution in [0.4, 0.5) is 5.69 Å². The molecule has 1 N–H and O–H groups in total. The lowest BCUT2D eigenvalue weighted by atomic mass is 9.96. The van der Waals surface area contributed by atoms with E-state index in [4.69, 9.17) is 0 Å². The summed E-state index contributed by atoms with van der Waals surface area (Å²) in [5.41, 5.74) is 2.86. The molecule has 0 bridgehead atoms. The van der Waals surface area contributed by atoms with Crippen molar-refractivity contribution < 1.29 is 13.2 Å². The van der Waals surface area contributed by atoms with Crippen molar-refractivity contribution in [1.82, 2.24) is 14.1 Å². The SMILES string of the molecule is Cc1ccnn1-c1cccc(NC(=O)c2ccc(S(=O)(=O)N(C)C3CCCCC3)cc2)c1. The molecule has 0 saturated heterocycles. The highest BCUT2D eigenvalue weighted by molar-refractivity contribution is 7.89. The van der Waals surface area contributed by atoms with E-state index in [2.05, 4.69) is 10.4 Å². The van der Waals surface area contributed by atoms with Crippen LogP contribution in [0.25, 0.3) is 5.69 Å². The molecule has 8 heteroatoms. The Morgan fingerprint density at radius 1 is 1.06 bits per heavy atom. The molecule has 1 aliphatic rings. The van der Waals surface area contributed by atoms with Crippen LogP contribution in [0.5, 0.6) is 0 Å². The normalized spacial score (nSPS) is 15.1. The van der Waals surface area contributed by atoms with E-state index in [1.165, 1.54) is 22.9 Å². The molecule has 2 aromatic carbocycles. The third kappa shape index (κ3) is 4.61. The summed E-state index contributed by atoms with van der Waals surface area (Å²) in [7, 11) is -1.93. The number of nitrogens with zero attached hydrogens (tertiary/aromatic N) is 3. The quantitative estimate of drug-likeness (QED) is 0.601. The van der Waals surface area contributed by atoms with Crippen LogP contribution in [0.1, 0.15) is 48.2 Å². The second-order valence-corrected chi connectivity index (χ2v) is 10.2. The minimum Gasteiger partial charge on any atom is -0.322 e. The van der Waals surface area contributed by atoms with Crippen molar-refractivity contribution in [2.24, 2.45) is 0 Å². The van der Waals surface area contributed by atoms with Crippen LogP contribution >= 0.6 is 0 Å². The highest BCUT2D eigenvalue weighted by atomic mass is 32.2. The summed E-state index contributed by atoms with van der Waals surface area (Å²) in [5.74, 6) is -0.302. The summed E-state index contributed by atoms with van der Waals surface area (Å²) < 4.78 is 29.3. The predicted molar refractivity (Wildman–Crippen MR) is 125 cm³/mol. The highest BCUT2D eigenvalue weighted by Crippen LogP contribution is 2.26. The van der Waals surface area contributed by atoms with Gasteiger partial charge in [-0.3, -0.25) is 4.79 Å². The van der Waals surface area contributed by atoms with E-state index in [9.17, 15) is 13.2 Å². The fraction of sp³-hybridized carbons (Fsp3) is 0.333. The van der Waals surface area contributed by atoms with Crippen molar-refractivity contribution in [3.8, 4) is 5.69 Å². The topological polar surface area (TPSA) is 84.3 Å². The van der Waals surface area contributed by atoms with Gasteiger partial charge in [0.05, 0.1) is 10.6 Å². The standard InChI is InChI=1S/C24H28N4O3S/c1-18-15-16-25-28(18)22-10-6-7-20(17-22)26-24(29)19-11-13-23(14-12-19)32(30,31)27(2)21-8-4-3-5-9-21/h6-7,10-17,21H,3-5,8-9H2,1-2H3,(H,26,29). The lowest BCUT2D eigenvalue weighted by molar-refractivity contribution is 0.102. The average Bonchev–Trinajstić information content (AvgIpc) is 3.25. The second kappa shape index (κ2) is 9.26. The molecule has 1 aliphatic carbocycles. The van der Waals surface area contributed by atoms with Gasteiger partial charge in [0.15, 0.2) is 0 Å². The van der Waals surface area contributed by atoms with Gasteiger partial charge >= 0.3 is 0 Å². The van der Waals surface area contributed by atoms with E-state index in [-0.39, 0.29) is 16.8 Å². The van der Waals surface area contributed by atoms with Crippen LogP contribution in [-0.4, -0.2) is 41.5 Å². The van der Waals surface area contributed by atoms with Gasteiger partial charge in [-0.05, 0) is 68.3 Å². The Bertz CT molecular complexity index is 1200. The first-order chi connectivity index (χ1) is 15.4. The summed E-state index contributed by atoms with van der Waals surface area (Å²) in [6.45, 7) is 1.96. The van der Waals surface area contributed by atoms with Gasteiger partial charge in [0.1, 0.15) is 0 Å². The number of aryl methyl sites for hydroxylation is 1. The van der Waals surface area contributed by atoms with Crippen molar-refractivity contribution >= 4 is 21.6 Å². The predicted octanol–water partition coefficient (Wildman–Crippen LogP) is 4.39. The molecule has 1 heterocycles. The number of hydrogen-bond donors (Lipinski definition) is 1. The fourth-order valence-corrected chi connectivity index (χ4v) is 5.56. The Hall–Kier alpha value is -2.97. The Morgan fingerprint density at radius 3 is 2.44 bits per heavy atom. The second-order valence-electron chi connectivity index (χ2n) is 8.23. The van der Waals surface area contributed by atoms with E-state index >= 15 is 0 Å². The van der Waals surface area contributed by atoms with Crippen molar-refractivity contribution in [3.05, 3.63) is 72.1 Å². The van der Waals surface area contributed by atoms with Gasteiger partial charge in [-0.1, -0.05) is 25.3 Å². The molecule has 0 radical (unpaired) electrons. The Kier molecular flexibility index (Phi) is 6.43. The molecule has 4 rings (SSSR count). The van der Waals surface area contributed by atoms with Crippen LogP contribution in [0.15, 0.2) is 65.7 Å². The van der Waals surface area contributed by atoms with Gasteiger partial charge in [-0.2, -0.15) is 9.40 Å². The minimum absolute atomic E-state index is 0.0439. The maximum Gasteiger partial charge on any atom is 0.255 e. The van der Waals surface area contributed by atoms with Crippen LogP contribution < -0.4 is 5.32 Å². The molecule has 1 saturated carbocycles. The minimum atomic E-state index is -3.58. The van der Waals surface area contributed by atoms with Crippen LogP contribution in [0.2, 0.25) is 0 Å². The number of hydrogen-bond acceptors (Lipinski definition) is 4. The molecule has 0 spiro atoms. The number of sulfonamides is 1. The third-order valence-corrected chi connectivity index (χ3v) is 7.99. The average molecular weight is 453 g/mol. The van der Waals surface area contributed by atoms with Gasteiger partial charge in [0.2, 0.25) is 10.0 Å². The first kappa shape index (κ1) is 22.2. The number of anilines is 1. The lowest BCUT2D eigenvalue weighted by Gasteiger charge is -2.30. The summed E-state index contributed by atoms with van der Waals surface area (Å²) in [6.07, 6.45) is 6.80. The summed E-state index contributed by atoms with van der Waals surface area (Å²) >= 11 is 0. The first-order valence-electron chi connectivity index (χ1n) is 10.9. The summed E-state index contributed by atoms with van der Waals surface area (Å²) in [4.78, 5) is 12.9. The number of carbonyl (C=O) groups is 1. The Labute approximate surface area is 189 Å². The molecule has 168 valence electrons. The molecule has 0 atom stereocenters. The zero-order valence-electron chi connectivity index (χ0n) is 18.4. The maximum atomic E-state index is 13.0. The first-order valence-corrected chi connectivity index (χ1v) is 12.3. The van der Waals surface area contributed by atoms with Crippen LogP contribution in [0, 0.1) is 6.92 Å². The molecule has 0 aliphatic heterocycles. The Balaban J connectivity index is 1.47. The molecular formula is C24H28N4O3S.